The predicted octanol–water partition coefficient (Wildman–Crippen LogP) is 0.681. The molecule has 0 unspecified atom stereocenters. The van der Waals surface area contributed by atoms with Crippen LogP contribution in [0.15, 0.2) is 12.1 Å². The smallest absolute Gasteiger partial charge is 0.492 e. The van der Waals surface area contributed by atoms with Gasteiger partial charge in [0.05, 0.1) is 14.2 Å². The first kappa shape index (κ1) is 13.9. The van der Waals surface area contributed by atoms with Crippen molar-refractivity contribution in [1.29, 1.82) is 0 Å². The quantitative estimate of drug-likeness (QED) is 0.760. The Balaban J connectivity index is 3.51. The average molecular weight is 238 g/mol. The fourth-order valence-electron chi connectivity index (χ4n) is 1.72. The molecule has 94 valence electrons. The number of benzene rings is 1. The van der Waals surface area contributed by atoms with E-state index in [4.69, 9.17) is 9.47 Å². The standard InChI is InChI=1S/C12H19BO4/c1-12(2,3)9-6-8(16-4)7-10(13(14)15)11(9)17-5/h6-7,14-15H,1-5H3. The largest absolute Gasteiger partial charge is 0.497 e. The molecule has 17 heavy (non-hydrogen) atoms. The van der Waals surface area contributed by atoms with E-state index in [9.17, 15) is 10.0 Å². The van der Waals surface area contributed by atoms with Gasteiger partial charge in [0.2, 0.25) is 0 Å². The highest BCUT2D eigenvalue weighted by molar-refractivity contribution is 6.59. The Morgan fingerprint density at radius 1 is 1.06 bits per heavy atom. The second-order valence-electron chi connectivity index (χ2n) is 4.92. The van der Waals surface area contributed by atoms with Crippen LogP contribution in [0.5, 0.6) is 11.5 Å². The van der Waals surface area contributed by atoms with E-state index < -0.39 is 7.12 Å². The van der Waals surface area contributed by atoms with Gasteiger partial charge >= 0.3 is 7.12 Å². The summed E-state index contributed by atoms with van der Waals surface area (Å²) in [4.78, 5) is 0. The van der Waals surface area contributed by atoms with Gasteiger partial charge in [-0.05, 0) is 17.5 Å². The lowest BCUT2D eigenvalue weighted by atomic mass is 9.74. The summed E-state index contributed by atoms with van der Waals surface area (Å²) in [6, 6.07) is 3.42. The fraction of sp³-hybridized carbons (Fsp3) is 0.500. The van der Waals surface area contributed by atoms with E-state index in [1.165, 1.54) is 7.11 Å². The molecular weight excluding hydrogens is 219 g/mol. The van der Waals surface area contributed by atoms with Gasteiger partial charge in [0.25, 0.3) is 0 Å². The molecule has 0 aliphatic carbocycles. The summed E-state index contributed by atoms with van der Waals surface area (Å²) in [6.45, 7) is 6.08. The van der Waals surface area contributed by atoms with Gasteiger partial charge in [-0.15, -0.1) is 0 Å². The fourth-order valence-corrected chi connectivity index (χ4v) is 1.72. The highest BCUT2D eigenvalue weighted by Crippen LogP contribution is 2.33. The molecule has 0 fully saturated rings. The van der Waals surface area contributed by atoms with Crippen LogP contribution in [0.3, 0.4) is 0 Å². The molecule has 2 N–H and O–H groups in total. The Bertz CT molecular complexity index is 396. The lowest BCUT2D eigenvalue weighted by molar-refractivity contribution is 0.383. The van der Waals surface area contributed by atoms with Crippen molar-refractivity contribution in [1.82, 2.24) is 0 Å². The van der Waals surface area contributed by atoms with Crippen LogP contribution in [0.2, 0.25) is 0 Å². The van der Waals surface area contributed by atoms with Crippen LogP contribution in [0.25, 0.3) is 0 Å². The first-order chi connectivity index (χ1) is 7.81. The van der Waals surface area contributed by atoms with Crippen molar-refractivity contribution in [3.8, 4) is 11.5 Å². The second-order valence-corrected chi connectivity index (χ2v) is 4.92. The van der Waals surface area contributed by atoms with Crippen LogP contribution >= 0.6 is 0 Å². The highest BCUT2D eigenvalue weighted by atomic mass is 16.5. The number of methoxy groups -OCH3 is 2. The van der Waals surface area contributed by atoms with Crippen molar-refractivity contribution in [3.05, 3.63) is 17.7 Å². The zero-order chi connectivity index (χ0) is 13.2. The molecule has 0 spiro atoms. The Morgan fingerprint density at radius 2 is 1.65 bits per heavy atom. The van der Waals surface area contributed by atoms with Crippen molar-refractivity contribution in [2.24, 2.45) is 0 Å². The summed E-state index contributed by atoms with van der Waals surface area (Å²) in [5.41, 5.74) is 1.02. The first-order valence-electron chi connectivity index (χ1n) is 5.43. The maximum absolute atomic E-state index is 9.37. The van der Waals surface area contributed by atoms with Gasteiger partial charge in [0.15, 0.2) is 0 Å². The summed E-state index contributed by atoms with van der Waals surface area (Å²) in [7, 11) is 1.48. The minimum absolute atomic E-state index is 0.177. The molecule has 0 saturated carbocycles. The molecule has 0 aromatic heterocycles. The van der Waals surface area contributed by atoms with Gasteiger partial charge in [-0.25, -0.2) is 0 Å². The Morgan fingerprint density at radius 3 is 2.00 bits per heavy atom. The summed E-state index contributed by atoms with van der Waals surface area (Å²) in [6.07, 6.45) is 0. The van der Waals surface area contributed by atoms with Crippen LogP contribution in [-0.2, 0) is 5.41 Å². The third kappa shape index (κ3) is 2.93. The van der Waals surface area contributed by atoms with E-state index in [-0.39, 0.29) is 5.41 Å². The van der Waals surface area contributed by atoms with Gasteiger partial charge in [-0.1, -0.05) is 20.8 Å². The Kier molecular flexibility index (Phi) is 4.06. The van der Waals surface area contributed by atoms with Crippen molar-refractivity contribution >= 4 is 12.6 Å². The molecule has 0 radical (unpaired) electrons. The number of ether oxygens (including phenoxy) is 2. The monoisotopic (exact) mass is 238 g/mol. The van der Waals surface area contributed by atoms with Crippen LogP contribution in [-0.4, -0.2) is 31.4 Å². The van der Waals surface area contributed by atoms with Crippen molar-refractivity contribution < 1.29 is 19.5 Å². The van der Waals surface area contributed by atoms with Gasteiger partial charge in [-0.2, -0.15) is 0 Å². The van der Waals surface area contributed by atoms with E-state index >= 15 is 0 Å². The van der Waals surface area contributed by atoms with E-state index in [0.29, 0.717) is 17.0 Å². The lowest BCUT2D eigenvalue weighted by Gasteiger charge is -2.24. The molecule has 1 aromatic rings. The van der Waals surface area contributed by atoms with Gasteiger partial charge in [0.1, 0.15) is 11.5 Å². The van der Waals surface area contributed by atoms with E-state index in [1.54, 1.807) is 13.2 Å². The summed E-state index contributed by atoms with van der Waals surface area (Å²) in [5, 5.41) is 18.7. The Labute approximate surface area is 102 Å². The predicted molar refractivity (Wildman–Crippen MR) is 68.1 cm³/mol. The molecule has 5 heteroatoms. The van der Waals surface area contributed by atoms with Crippen LogP contribution < -0.4 is 14.9 Å². The van der Waals surface area contributed by atoms with Gasteiger partial charge < -0.3 is 19.5 Å². The van der Waals surface area contributed by atoms with Gasteiger partial charge in [0, 0.05) is 11.0 Å². The zero-order valence-corrected chi connectivity index (χ0v) is 10.9. The molecule has 4 nitrogen and oxygen atoms in total. The lowest BCUT2D eigenvalue weighted by Crippen LogP contribution is -2.33. The Hall–Kier alpha value is -1.20. The minimum atomic E-state index is -1.58. The van der Waals surface area contributed by atoms with Crippen LogP contribution in [0, 0.1) is 0 Å². The third-order valence-corrected chi connectivity index (χ3v) is 2.62. The summed E-state index contributed by atoms with van der Waals surface area (Å²) in [5.74, 6) is 1.08. The van der Waals surface area contributed by atoms with Gasteiger partial charge in [-0.3, -0.25) is 0 Å². The zero-order valence-electron chi connectivity index (χ0n) is 10.9. The molecule has 1 rings (SSSR count). The van der Waals surface area contributed by atoms with E-state index in [2.05, 4.69) is 0 Å². The molecule has 0 saturated heterocycles. The highest BCUT2D eigenvalue weighted by Gasteiger charge is 2.27. The maximum Gasteiger partial charge on any atom is 0.492 e. The molecule has 0 atom stereocenters. The molecule has 0 bridgehead atoms. The molecule has 0 heterocycles. The average Bonchev–Trinajstić information content (AvgIpc) is 2.25. The molecular formula is C12H19BO4. The van der Waals surface area contributed by atoms with Crippen molar-refractivity contribution in [2.45, 2.75) is 26.2 Å². The number of hydrogen-bond donors (Lipinski definition) is 2. The third-order valence-electron chi connectivity index (χ3n) is 2.62. The van der Waals surface area contributed by atoms with Crippen molar-refractivity contribution in [2.75, 3.05) is 14.2 Å². The molecule has 0 amide bonds. The summed E-state index contributed by atoms with van der Waals surface area (Å²) >= 11 is 0. The topological polar surface area (TPSA) is 58.9 Å². The number of hydrogen-bond acceptors (Lipinski definition) is 4. The first-order valence-corrected chi connectivity index (χ1v) is 5.43. The van der Waals surface area contributed by atoms with Crippen LogP contribution in [0.4, 0.5) is 0 Å². The van der Waals surface area contributed by atoms with E-state index in [1.807, 2.05) is 26.8 Å². The van der Waals surface area contributed by atoms with Crippen molar-refractivity contribution in [3.63, 3.8) is 0 Å². The SMILES string of the molecule is COc1cc(B(O)O)c(OC)c(C(C)(C)C)c1. The second kappa shape index (κ2) is 4.98. The number of rotatable bonds is 3. The van der Waals surface area contributed by atoms with Crippen LogP contribution in [0.1, 0.15) is 26.3 Å². The molecule has 1 aromatic carbocycles. The van der Waals surface area contributed by atoms with E-state index in [0.717, 1.165) is 5.56 Å². The minimum Gasteiger partial charge on any atom is -0.497 e. The molecule has 0 aliphatic rings. The normalized spacial score (nSPS) is 11.2. The summed E-state index contributed by atoms with van der Waals surface area (Å²) < 4.78 is 10.5. The maximum atomic E-state index is 9.37. The molecule has 0 aliphatic heterocycles.